The highest BCUT2D eigenvalue weighted by atomic mass is 32.2. The molecule has 6 aromatic carbocycles. The molecule has 0 atom stereocenters. The van der Waals surface area contributed by atoms with Crippen LogP contribution in [0.5, 0.6) is 11.5 Å². The van der Waals surface area contributed by atoms with Crippen molar-refractivity contribution in [1.82, 2.24) is 0 Å². The Balaban J connectivity index is 1.48. The van der Waals surface area contributed by atoms with Crippen molar-refractivity contribution >= 4 is 91.1 Å². The number of hydrogen-bond donors (Lipinski definition) is 6. The van der Waals surface area contributed by atoms with Crippen LogP contribution in [0.4, 0.5) is 28.4 Å². The van der Waals surface area contributed by atoms with E-state index in [9.17, 15) is 49.1 Å². The van der Waals surface area contributed by atoms with Gasteiger partial charge in [-0.15, -0.1) is 15.3 Å². The van der Waals surface area contributed by atoms with Crippen molar-refractivity contribution < 1.29 is 49.1 Å². The van der Waals surface area contributed by atoms with Crippen molar-refractivity contribution in [3.05, 3.63) is 84.9 Å². The second kappa shape index (κ2) is 11.8. The maximum absolute atomic E-state index is 12.2. The van der Waals surface area contributed by atoms with Crippen LogP contribution < -0.4 is 5.73 Å². The number of nitrogens with zero attached hydrogens (tertiary/aromatic N) is 4. The molecule has 0 spiro atoms. The van der Waals surface area contributed by atoms with Gasteiger partial charge in [-0.05, 0) is 77.5 Å². The first-order valence-corrected chi connectivity index (χ1v) is 17.9. The van der Waals surface area contributed by atoms with Crippen LogP contribution in [0.25, 0.3) is 32.3 Å². The van der Waals surface area contributed by atoms with Crippen molar-refractivity contribution in [2.24, 2.45) is 20.5 Å². The van der Waals surface area contributed by atoms with Gasteiger partial charge in [0.15, 0.2) is 5.75 Å². The molecule has 7 N–H and O–H groups in total. The number of benzene rings is 6. The first kappa shape index (κ1) is 33.3. The molecule has 19 heteroatoms. The fourth-order valence-electron chi connectivity index (χ4n) is 5.02. The number of nitrogens with two attached hydrogens (primary N) is 1. The van der Waals surface area contributed by atoms with Crippen molar-refractivity contribution in [2.75, 3.05) is 5.73 Å². The zero-order valence-electron chi connectivity index (χ0n) is 24.4. The monoisotopic (exact) mass is 723 g/mol. The molecule has 0 saturated heterocycles. The van der Waals surface area contributed by atoms with E-state index in [2.05, 4.69) is 20.5 Å². The molecule has 0 amide bonds. The van der Waals surface area contributed by atoms with Gasteiger partial charge in [0.05, 0.1) is 26.9 Å². The van der Waals surface area contributed by atoms with Gasteiger partial charge in [-0.1, -0.05) is 12.1 Å². The SMILES string of the molecule is Nc1ccc2cc(S(=O)(=O)O)c(N=Nc3ccc(N=Nc4ccc5c(O)cc(S(=O)(=O)O)cc5c4)c4cc(S(=O)(=O)O)ccc34)c(O)c2c1. The number of anilines is 1. The number of hydrogen-bond acceptors (Lipinski definition) is 13. The van der Waals surface area contributed by atoms with Crippen LogP contribution in [0.1, 0.15) is 0 Å². The number of rotatable bonds is 7. The lowest BCUT2D eigenvalue weighted by atomic mass is 10.1. The first-order chi connectivity index (χ1) is 22.9. The molecule has 0 aliphatic rings. The summed E-state index contributed by atoms with van der Waals surface area (Å²) in [5, 5.41) is 38.5. The largest absolute Gasteiger partial charge is 0.507 e. The van der Waals surface area contributed by atoms with E-state index in [1.165, 1.54) is 54.6 Å². The highest BCUT2D eigenvalue weighted by molar-refractivity contribution is 7.86. The first-order valence-electron chi connectivity index (χ1n) is 13.5. The summed E-state index contributed by atoms with van der Waals surface area (Å²) in [5.74, 6) is -1.05. The van der Waals surface area contributed by atoms with Crippen LogP contribution in [0, 0.1) is 0 Å². The van der Waals surface area contributed by atoms with Crippen LogP contribution >= 0.6 is 0 Å². The number of nitrogen functional groups attached to an aromatic ring is 1. The predicted octanol–water partition coefficient (Wildman–Crippen LogP) is 6.71. The molecule has 0 aliphatic carbocycles. The minimum atomic E-state index is -4.92. The summed E-state index contributed by atoms with van der Waals surface area (Å²) in [4.78, 5) is -1.81. The highest BCUT2D eigenvalue weighted by Crippen LogP contribution is 2.43. The van der Waals surface area contributed by atoms with Crippen LogP contribution in [0.2, 0.25) is 0 Å². The molecule has 6 aromatic rings. The minimum absolute atomic E-state index is 0.0168. The lowest BCUT2D eigenvalue weighted by Crippen LogP contribution is -1.99. The molecule has 6 rings (SSSR count). The molecule has 0 bridgehead atoms. The Kier molecular flexibility index (Phi) is 8.05. The smallest absolute Gasteiger partial charge is 0.296 e. The molecule has 16 nitrogen and oxygen atoms in total. The third kappa shape index (κ3) is 6.61. The second-order valence-corrected chi connectivity index (χ2v) is 14.8. The Morgan fingerprint density at radius 3 is 1.84 bits per heavy atom. The van der Waals surface area contributed by atoms with Gasteiger partial charge < -0.3 is 15.9 Å². The Labute approximate surface area is 276 Å². The second-order valence-electron chi connectivity index (χ2n) is 10.5. The third-order valence-electron chi connectivity index (χ3n) is 7.31. The molecule has 0 heterocycles. The molecule has 0 aliphatic heterocycles. The number of azo groups is 2. The van der Waals surface area contributed by atoms with E-state index in [1.807, 2.05) is 0 Å². The van der Waals surface area contributed by atoms with Gasteiger partial charge in [0.2, 0.25) is 0 Å². The maximum Gasteiger partial charge on any atom is 0.296 e. The number of phenolic OH excluding ortho intramolecular Hbond substituents is 2. The fourth-order valence-corrected chi connectivity index (χ4v) is 6.72. The Hall–Kier alpha value is -5.57. The molecule has 49 heavy (non-hydrogen) atoms. The molecule has 250 valence electrons. The fraction of sp³-hybridized carbons (Fsp3) is 0. The third-order valence-corrected chi connectivity index (χ3v) is 9.86. The van der Waals surface area contributed by atoms with Crippen LogP contribution in [-0.4, -0.2) is 49.1 Å². The Morgan fingerprint density at radius 2 is 1.16 bits per heavy atom. The van der Waals surface area contributed by atoms with E-state index in [1.54, 1.807) is 0 Å². The average Bonchev–Trinajstić information content (AvgIpc) is 3.02. The highest BCUT2D eigenvalue weighted by Gasteiger charge is 2.23. The molecular formula is C30H21N5O11S3. The summed E-state index contributed by atoms with van der Waals surface area (Å²) in [5.41, 5.74) is 5.69. The Morgan fingerprint density at radius 1 is 0.510 bits per heavy atom. The van der Waals surface area contributed by atoms with Gasteiger partial charge in [-0.2, -0.15) is 30.4 Å². The lowest BCUT2D eigenvalue weighted by molar-refractivity contribution is 0.471. The van der Waals surface area contributed by atoms with Gasteiger partial charge in [0.25, 0.3) is 30.4 Å². The van der Waals surface area contributed by atoms with Crippen molar-refractivity contribution in [3.8, 4) is 11.5 Å². The Bertz CT molecular complexity index is 2790. The van der Waals surface area contributed by atoms with E-state index in [0.717, 1.165) is 30.3 Å². The number of aromatic hydroxyl groups is 2. The summed E-state index contributed by atoms with van der Waals surface area (Å²) in [6.45, 7) is 0. The zero-order valence-corrected chi connectivity index (χ0v) is 26.8. The lowest BCUT2D eigenvalue weighted by Gasteiger charge is -2.10. The summed E-state index contributed by atoms with van der Waals surface area (Å²) >= 11 is 0. The van der Waals surface area contributed by atoms with E-state index < -0.39 is 62.2 Å². The summed E-state index contributed by atoms with van der Waals surface area (Å²) in [6, 6.07) is 17.7. The van der Waals surface area contributed by atoms with Crippen LogP contribution in [0.3, 0.4) is 0 Å². The molecule has 0 fully saturated rings. The normalized spacial score (nSPS) is 13.0. The average molecular weight is 724 g/mol. The van der Waals surface area contributed by atoms with Crippen LogP contribution in [-0.2, 0) is 30.4 Å². The zero-order chi connectivity index (χ0) is 35.5. The van der Waals surface area contributed by atoms with Gasteiger partial charge >= 0.3 is 0 Å². The van der Waals surface area contributed by atoms with E-state index in [-0.39, 0.29) is 55.1 Å². The van der Waals surface area contributed by atoms with Crippen molar-refractivity contribution in [3.63, 3.8) is 0 Å². The number of phenols is 2. The quantitative estimate of drug-likeness (QED) is 0.0569. The van der Waals surface area contributed by atoms with Gasteiger partial charge in [0, 0.05) is 33.3 Å². The van der Waals surface area contributed by atoms with Crippen LogP contribution in [0.15, 0.2) is 120 Å². The van der Waals surface area contributed by atoms with E-state index in [4.69, 9.17) is 5.73 Å². The van der Waals surface area contributed by atoms with Gasteiger partial charge in [-0.3, -0.25) is 13.7 Å². The van der Waals surface area contributed by atoms with Gasteiger partial charge in [0.1, 0.15) is 16.3 Å². The number of fused-ring (bicyclic) bond motifs is 3. The molecule has 0 radical (unpaired) electrons. The van der Waals surface area contributed by atoms with Crippen molar-refractivity contribution in [2.45, 2.75) is 14.7 Å². The summed E-state index contributed by atoms with van der Waals surface area (Å²) in [6.07, 6.45) is 0. The topological polar surface area (TPSA) is 279 Å². The molecule has 0 unspecified atom stereocenters. The molecule has 0 aromatic heterocycles. The predicted molar refractivity (Wildman–Crippen MR) is 177 cm³/mol. The molecular weight excluding hydrogens is 703 g/mol. The molecule has 0 saturated carbocycles. The van der Waals surface area contributed by atoms with Gasteiger partial charge in [-0.25, -0.2) is 0 Å². The van der Waals surface area contributed by atoms with Crippen molar-refractivity contribution in [1.29, 1.82) is 0 Å². The summed E-state index contributed by atoms with van der Waals surface area (Å²) in [7, 11) is -14.3. The summed E-state index contributed by atoms with van der Waals surface area (Å²) < 4.78 is 101. The maximum atomic E-state index is 12.2. The minimum Gasteiger partial charge on any atom is -0.507 e. The van der Waals surface area contributed by atoms with E-state index in [0.29, 0.717) is 0 Å². The van der Waals surface area contributed by atoms with E-state index >= 15 is 0 Å². The standard InChI is InChI=1S/C30H21N5O11S3/c31-17-2-1-15-11-28(49(44,45)46)29(30(37)23(15)12-17)35-34-25-7-8-26(24-13-19(47(38,39)40)4-6-22(24)25)33-32-18-3-5-21-16(9-18)10-20(14-27(21)36)48(41,42)43/h1-14,36-37H,31H2,(H,38,39,40)(H,41,42,43)(H,44,45,46).